The van der Waals surface area contributed by atoms with E-state index < -0.39 is 10.0 Å². The van der Waals surface area contributed by atoms with Gasteiger partial charge < -0.3 is 10.2 Å². The second kappa shape index (κ2) is 9.66. The third-order valence-electron chi connectivity index (χ3n) is 4.99. The van der Waals surface area contributed by atoms with E-state index in [9.17, 15) is 13.2 Å². The Morgan fingerprint density at radius 2 is 1.61 bits per heavy atom. The molecule has 3 aromatic rings. The predicted molar refractivity (Wildman–Crippen MR) is 125 cm³/mol. The van der Waals surface area contributed by atoms with Gasteiger partial charge in [-0.2, -0.15) is 0 Å². The summed E-state index contributed by atoms with van der Waals surface area (Å²) in [5, 5.41) is 2.91. The number of hydrogen-bond donors (Lipinski definition) is 2. The first kappa shape index (κ1) is 22.4. The Morgan fingerprint density at radius 1 is 0.935 bits per heavy atom. The van der Waals surface area contributed by atoms with Crippen LogP contribution in [0.25, 0.3) is 0 Å². The molecule has 1 amide bonds. The maximum absolute atomic E-state index is 12.6. The Balaban J connectivity index is 1.60. The second-order valence-electron chi connectivity index (χ2n) is 7.46. The molecule has 3 rings (SSSR count). The monoisotopic (exact) mass is 437 g/mol. The van der Waals surface area contributed by atoms with E-state index in [1.165, 1.54) is 0 Å². The third-order valence-corrected chi connectivity index (χ3v) is 6.38. The van der Waals surface area contributed by atoms with Gasteiger partial charge in [-0.1, -0.05) is 35.9 Å². The SMILES string of the molecule is Cc1ccc(S(=O)(=O)Nc2ccc(C(=O)NCCN(C)c3ccccc3)cc2C)cc1. The quantitative estimate of drug-likeness (QED) is 0.559. The molecule has 2 N–H and O–H groups in total. The van der Waals surface area contributed by atoms with Crippen molar-refractivity contribution in [2.45, 2.75) is 18.7 Å². The van der Waals surface area contributed by atoms with Crippen LogP contribution in [-0.4, -0.2) is 34.5 Å². The van der Waals surface area contributed by atoms with Crippen LogP contribution < -0.4 is 14.9 Å². The molecule has 0 spiro atoms. The van der Waals surface area contributed by atoms with Gasteiger partial charge in [-0.25, -0.2) is 8.42 Å². The summed E-state index contributed by atoms with van der Waals surface area (Å²) in [6.45, 7) is 4.83. The molecule has 0 radical (unpaired) electrons. The lowest BCUT2D eigenvalue weighted by Crippen LogP contribution is -2.33. The topological polar surface area (TPSA) is 78.5 Å². The van der Waals surface area contributed by atoms with Crippen molar-refractivity contribution >= 4 is 27.3 Å². The van der Waals surface area contributed by atoms with Crippen LogP contribution in [0, 0.1) is 13.8 Å². The van der Waals surface area contributed by atoms with Crippen LogP contribution in [0.2, 0.25) is 0 Å². The summed E-state index contributed by atoms with van der Waals surface area (Å²) in [5.41, 5.74) is 3.67. The number of aryl methyl sites for hydroxylation is 2. The normalized spacial score (nSPS) is 11.1. The zero-order valence-corrected chi connectivity index (χ0v) is 18.7. The van der Waals surface area contributed by atoms with Crippen molar-refractivity contribution < 1.29 is 13.2 Å². The van der Waals surface area contributed by atoms with Crippen LogP contribution >= 0.6 is 0 Å². The molecule has 0 aliphatic carbocycles. The summed E-state index contributed by atoms with van der Waals surface area (Å²) >= 11 is 0. The Kier molecular flexibility index (Phi) is 6.97. The first-order valence-electron chi connectivity index (χ1n) is 10.0. The van der Waals surface area contributed by atoms with E-state index in [1.807, 2.05) is 44.3 Å². The molecule has 3 aromatic carbocycles. The highest BCUT2D eigenvalue weighted by Crippen LogP contribution is 2.21. The van der Waals surface area contributed by atoms with Crippen molar-refractivity contribution in [3.8, 4) is 0 Å². The van der Waals surface area contributed by atoms with E-state index in [0.717, 1.165) is 11.3 Å². The minimum atomic E-state index is -3.69. The lowest BCUT2D eigenvalue weighted by molar-refractivity contribution is 0.0954. The van der Waals surface area contributed by atoms with Crippen molar-refractivity contribution in [2.75, 3.05) is 29.8 Å². The fraction of sp³-hybridized carbons (Fsp3) is 0.208. The zero-order chi connectivity index (χ0) is 22.4. The number of carbonyl (C=O) groups is 1. The average molecular weight is 438 g/mol. The molecule has 7 heteroatoms. The smallest absolute Gasteiger partial charge is 0.261 e. The van der Waals surface area contributed by atoms with E-state index in [0.29, 0.717) is 29.9 Å². The summed E-state index contributed by atoms with van der Waals surface area (Å²) in [4.78, 5) is 14.8. The van der Waals surface area contributed by atoms with E-state index in [4.69, 9.17) is 0 Å². The van der Waals surface area contributed by atoms with Crippen molar-refractivity contribution in [3.05, 3.63) is 89.5 Å². The summed E-state index contributed by atoms with van der Waals surface area (Å²) < 4.78 is 27.8. The van der Waals surface area contributed by atoms with Crippen LogP contribution in [0.1, 0.15) is 21.5 Å². The first-order chi connectivity index (χ1) is 14.8. The van der Waals surface area contributed by atoms with Gasteiger partial charge >= 0.3 is 0 Å². The fourth-order valence-electron chi connectivity index (χ4n) is 3.09. The van der Waals surface area contributed by atoms with Gasteiger partial charge in [0.15, 0.2) is 0 Å². The molecule has 0 heterocycles. The number of likely N-dealkylation sites (N-methyl/N-ethyl adjacent to an activating group) is 1. The van der Waals surface area contributed by atoms with Crippen LogP contribution in [0.15, 0.2) is 77.7 Å². The molecular formula is C24H27N3O3S. The van der Waals surface area contributed by atoms with Gasteiger partial charge in [0.25, 0.3) is 15.9 Å². The highest BCUT2D eigenvalue weighted by atomic mass is 32.2. The summed E-state index contributed by atoms with van der Waals surface area (Å²) in [7, 11) is -1.72. The number of rotatable bonds is 8. The maximum Gasteiger partial charge on any atom is 0.261 e. The molecule has 0 aliphatic heterocycles. The Labute approximate surface area is 184 Å². The number of benzene rings is 3. The number of amides is 1. The van der Waals surface area contributed by atoms with Crippen molar-refractivity contribution in [3.63, 3.8) is 0 Å². The zero-order valence-electron chi connectivity index (χ0n) is 17.9. The third kappa shape index (κ3) is 5.86. The predicted octanol–water partition coefficient (Wildman–Crippen LogP) is 3.97. The standard InChI is InChI=1S/C24H27N3O3S/c1-18-9-12-22(13-10-18)31(29,30)26-23-14-11-20(17-19(23)2)24(28)25-15-16-27(3)21-7-5-4-6-8-21/h4-14,17,26H,15-16H2,1-3H3,(H,25,28). The minimum absolute atomic E-state index is 0.196. The van der Waals surface area contributed by atoms with Gasteiger partial charge in [0, 0.05) is 31.4 Å². The van der Waals surface area contributed by atoms with Crippen LogP contribution in [0.5, 0.6) is 0 Å². The lowest BCUT2D eigenvalue weighted by Gasteiger charge is -2.19. The van der Waals surface area contributed by atoms with E-state index in [2.05, 4.69) is 14.9 Å². The van der Waals surface area contributed by atoms with E-state index in [-0.39, 0.29) is 10.8 Å². The number of hydrogen-bond acceptors (Lipinski definition) is 4. The van der Waals surface area contributed by atoms with Gasteiger partial charge in [0.2, 0.25) is 0 Å². The second-order valence-corrected chi connectivity index (χ2v) is 9.14. The number of carbonyl (C=O) groups excluding carboxylic acids is 1. The molecule has 0 saturated carbocycles. The molecule has 162 valence electrons. The minimum Gasteiger partial charge on any atom is -0.373 e. The van der Waals surface area contributed by atoms with Gasteiger partial charge in [0.05, 0.1) is 10.6 Å². The summed E-state index contributed by atoms with van der Waals surface area (Å²) in [6, 6.07) is 21.5. The molecule has 31 heavy (non-hydrogen) atoms. The van der Waals surface area contributed by atoms with Gasteiger partial charge in [-0.15, -0.1) is 0 Å². The average Bonchev–Trinajstić information content (AvgIpc) is 2.75. The molecule has 0 fully saturated rings. The number of nitrogens with one attached hydrogen (secondary N) is 2. The van der Waals surface area contributed by atoms with E-state index >= 15 is 0 Å². The van der Waals surface area contributed by atoms with Gasteiger partial charge in [0.1, 0.15) is 0 Å². The first-order valence-corrected chi connectivity index (χ1v) is 11.5. The Morgan fingerprint density at radius 3 is 2.26 bits per heavy atom. The largest absolute Gasteiger partial charge is 0.373 e. The van der Waals surface area contributed by atoms with Crippen LogP contribution in [0.4, 0.5) is 11.4 Å². The van der Waals surface area contributed by atoms with Gasteiger partial charge in [-0.05, 0) is 61.9 Å². The van der Waals surface area contributed by atoms with Crippen molar-refractivity contribution in [1.29, 1.82) is 0 Å². The van der Waals surface area contributed by atoms with Crippen molar-refractivity contribution in [2.24, 2.45) is 0 Å². The summed E-state index contributed by atoms with van der Waals surface area (Å²) in [6.07, 6.45) is 0. The Hall–Kier alpha value is -3.32. The highest BCUT2D eigenvalue weighted by molar-refractivity contribution is 7.92. The number of anilines is 2. The Bertz CT molecular complexity index is 1140. The summed E-state index contributed by atoms with van der Waals surface area (Å²) in [5.74, 6) is -0.197. The molecule has 0 unspecified atom stereocenters. The maximum atomic E-state index is 12.6. The molecule has 0 bridgehead atoms. The molecule has 0 saturated heterocycles. The van der Waals surface area contributed by atoms with Crippen LogP contribution in [-0.2, 0) is 10.0 Å². The van der Waals surface area contributed by atoms with Gasteiger partial charge in [-0.3, -0.25) is 9.52 Å². The molecule has 0 atom stereocenters. The van der Waals surface area contributed by atoms with Crippen molar-refractivity contribution in [1.82, 2.24) is 5.32 Å². The highest BCUT2D eigenvalue weighted by Gasteiger charge is 2.16. The lowest BCUT2D eigenvalue weighted by atomic mass is 10.1. The fourth-order valence-corrected chi connectivity index (χ4v) is 4.22. The number of para-hydroxylation sites is 1. The number of sulfonamides is 1. The van der Waals surface area contributed by atoms with Crippen LogP contribution in [0.3, 0.4) is 0 Å². The van der Waals surface area contributed by atoms with E-state index in [1.54, 1.807) is 49.4 Å². The molecular weight excluding hydrogens is 410 g/mol. The molecule has 0 aliphatic rings. The molecule has 0 aromatic heterocycles. The molecule has 6 nitrogen and oxygen atoms in total. The number of nitrogens with zero attached hydrogens (tertiary/aromatic N) is 1.